The molecule has 1 amide bonds. The summed E-state index contributed by atoms with van der Waals surface area (Å²) in [7, 11) is 0. The van der Waals surface area contributed by atoms with Crippen LogP contribution in [0.1, 0.15) is 49.3 Å². The molecule has 4 N–H and O–H groups in total. The molecule has 1 saturated heterocycles. The average Bonchev–Trinajstić information content (AvgIpc) is 2.81. The molecule has 0 bridgehead atoms. The van der Waals surface area contributed by atoms with E-state index in [1.807, 2.05) is 6.07 Å². The quantitative estimate of drug-likeness (QED) is 0.417. The third kappa shape index (κ3) is 7.38. The van der Waals surface area contributed by atoms with Crippen molar-refractivity contribution in [3.05, 3.63) is 71.3 Å². The van der Waals surface area contributed by atoms with E-state index in [0.717, 1.165) is 51.5 Å². The van der Waals surface area contributed by atoms with Gasteiger partial charge in [-0.2, -0.15) is 0 Å². The number of rotatable bonds is 9. The zero-order valence-corrected chi connectivity index (χ0v) is 19.4. The van der Waals surface area contributed by atoms with Gasteiger partial charge < -0.3 is 16.4 Å². The first-order valence-corrected chi connectivity index (χ1v) is 11.7. The Kier molecular flexibility index (Phi) is 9.11. The number of hydrogen-bond donors (Lipinski definition) is 3. The van der Waals surface area contributed by atoms with Gasteiger partial charge in [-0.05, 0) is 48.9 Å². The molecule has 0 spiro atoms. The zero-order valence-electron chi connectivity index (χ0n) is 19.4. The van der Waals surface area contributed by atoms with Gasteiger partial charge in [0.1, 0.15) is 0 Å². The number of aliphatic imine (C=N–C) groups is 1. The number of hydrogen-bond acceptors (Lipinski definition) is 3. The summed E-state index contributed by atoms with van der Waals surface area (Å²) in [6, 6.07) is 19.1. The maximum atomic E-state index is 11.6. The number of guanidine groups is 1. The van der Waals surface area contributed by atoms with Crippen molar-refractivity contribution in [3.8, 4) is 0 Å². The molecule has 3 rings (SSSR count). The van der Waals surface area contributed by atoms with Crippen molar-refractivity contribution < 1.29 is 4.79 Å². The molecule has 32 heavy (non-hydrogen) atoms. The Morgan fingerprint density at radius 2 is 1.94 bits per heavy atom. The van der Waals surface area contributed by atoms with Gasteiger partial charge in [0, 0.05) is 26.2 Å². The molecule has 2 aromatic carbocycles. The van der Waals surface area contributed by atoms with Crippen molar-refractivity contribution in [1.29, 1.82) is 0 Å². The molecule has 2 atom stereocenters. The van der Waals surface area contributed by atoms with Crippen LogP contribution in [-0.2, 0) is 17.9 Å². The molecule has 1 aliphatic rings. The number of amides is 1. The highest BCUT2D eigenvalue weighted by Gasteiger charge is 2.23. The van der Waals surface area contributed by atoms with E-state index in [4.69, 9.17) is 10.7 Å². The van der Waals surface area contributed by atoms with Crippen molar-refractivity contribution in [2.75, 3.05) is 26.2 Å². The summed E-state index contributed by atoms with van der Waals surface area (Å²) in [5.74, 6) is 1.03. The summed E-state index contributed by atoms with van der Waals surface area (Å²) in [4.78, 5) is 18.7. The second-order valence-corrected chi connectivity index (χ2v) is 8.68. The van der Waals surface area contributed by atoms with Gasteiger partial charge >= 0.3 is 0 Å². The first-order valence-electron chi connectivity index (χ1n) is 11.7. The number of likely N-dealkylation sites (tertiary alicyclic amines) is 1. The lowest BCUT2D eigenvalue weighted by atomic mass is 9.97. The molecule has 6 heteroatoms. The fourth-order valence-corrected chi connectivity index (χ4v) is 4.18. The van der Waals surface area contributed by atoms with E-state index in [1.165, 1.54) is 16.7 Å². The van der Waals surface area contributed by atoms with Crippen LogP contribution in [0.25, 0.3) is 0 Å². The van der Waals surface area contributed by atoms with Crippen molar-refractivity contribution in [3.63, 3.8) is 0 Å². The van der Waals surface area contributed by atoms with Gasteiger partial charge in [0.25, 0.3) is 0 Å². The van der Waals surface area contributed by atoms with Crippen LogP contribution in [0.2, 0.25) is 0 Å². The van der Waals surface area contributed by atoms with E-state index in [-0.39, 0.29) is 11.8 Å². The number of nitrogens with zero attached hydrogens (tertiary/aromatic N) is 2. The summed E-state index contributed by atoms with van der Waals surface area (Å²) in [5, 5.41) is 6.81. The van der Waals surface area contributed by atoms with Gasteiger partial charge in [0.2, 0.25) is 5.91 Å². The monoisotopic (exact) mass is 435 g/mol. The molecule has 172 valence electrons. The number of carbonyl (C=O) groups is 1. The van der Waals surface area contributed by atoms with Crippen molar-refractivity contribution in [2.24, 2.45) is 16.6 Å². The minimum absolute atomic E-state index is 0.0245. The third-order valence-corrected chi connectivity index (χ3v) is 6.01. The van der Waals surface area contributed by atoms with E-state index in [2.05, 4.69) is 77.9 Å². The molecule has 0 aliphatic carbocycles. The van der Waals surface area contributed by atoms with Crippen LogP contribution in [0.5, 0.6) is 0 Å². The summed E-state index contributed by atoms with van der Waals surface area (Å²) in [6.07, 6.45) is 1.93. The van der Waals surface area contributed by atoms with Crippen LogP contribution in [-0.4, -0.2) is 42.9 Å². The van der Waals surface area contributed by atoms with E-state index in [9.17, 15) is 4.79 Å². The third-order valence-electron chi connectivity index (χ3n) is 6.01. The molecule has 1 heterocycles. The van der Waals surface area contributed by atoms with E-state index in [0.29, 0.717) is 12.5 Å². The maximum absolute atomic E-state index is 11.6. The largest absolute Gasteiger partial charge is 0.369 e. The van der Waals surface area contributed by atoms with Crippen LogP contribution in [0.4, 0.5) is 0 Å². The number of primary amides is 1. The highest BCUT2D eigenvalue weighted by molar-refractivity contribution is 5.79. The number of nitrogens with one attached hydrogen (secondary N) is 2. The summed E-state index contributed by atoms with van der Waals surface area (Å²) >= 11 is 0. The smallest absolute Gasteiger partial charge is 0.221 e. The lowest BCUT2D eigenvalue weighted by Gasteiger charge is -2.31. The Hall–Kier alpha value is -2.86. The number of piperidine rings is 1. The van der Waals surface area contributed by atoms with E-state index >= 15 is 0 Å². The molecular formula is C26H37N5O. The second kappa shape index (κ2) is 12.2. The number of carbonyl (C=O) groups excluding carboxylic acids is 1. The average molecular weight is 436 g/mol. The van der Waals surface area contributed by atoms with Crippen LogP contribution >= 0.6 is 0 Å². The maximum Gasteiger partial charge on any atom is 0.221 e. The lowest BCUT2D eigenvalue weighted by molar-refractivity contribution is -0.123. The first kappa shape index (κ1) is 23.8. The molecule has 2 aromatic rings. The van der Waals surface area contributed by atoms with Gasteiger partial charge in [-0.1, -0.05) is 61.5 Å². The minimum Gasteiger partial charge on any atom is -0.369 e. The summed E-state index contributed by atoms with van der Waals surface area (Å²) in [6.45, 7) is 9.18. The molecule has 0 saturated carbocycles. The van der Waals surface area contributed by atoms with Gasteiger partial charge in [-0.25, -0.2) is 4.99 Å². The summed E-state index contributed by atoms with van der Waals surface area (Å²) in [5.41, 5.74) is 9.27. The predicted molar refractivity (Wildman–Crippen MR) is 131 cm³/mol. The van der Waals surface area contributed by atoms with Crippen LogP contribution in [0, 0.1) is 5.92 Å². The molecule has 0 radical (unpaired) electrons. The lowest BCUT2D eigenvalue weighted by Crippen LogP contribution is -2.40. The SMILES string of the molecule is CCNC(=NCc1cccc(CN2CCCC(C(N)=O)C2)c1)NCC(C)c1ccccc1. The molecule has 1 aliphatic heterocycles. The Bertz CT molecular complexity index is 883. The topological polar surface area (TPSA) is 82.8 Å². The predicted octanol–water partition coefficient (Wildman–Crippen LogP) is 3.24. The Morgan fingerprint density at radius 3 is 2.69 bits per heavy atom. The normalized spacial score (nSPS) is 18.2. The zero-order chi connectivity index (χ0) is 22.8. The Balaban J connectivity index is 1.56. The van der Waals surface area contributed by atoms with Crippen molar-refractivity contribution in [1.82, 2.24) is 15.5 Å². The number of benzene rings is 2. The molecule has 6 nitrogen and oxygen atoms in total. The fraction of sp³-hybridized carbons (Fsp3) is 0.462. The van der Waals surface area contributed by atoms with Crippen LogP contribution in [0.15, 0.2) is 59.6 Å². The highest BCUT2D eigenvalue weighted by Crippen LogP contribution is 2.19. The van der Waals surface area contributed by atoms with E-state index in [1.54, 1.807) is 0 Å². The Labute approximate surface area is 192 Å². The minimum atomic E-state index is -0.178. The summed E-state index contributed by atoms with van der Waals surface area (Å²) < 4.78 is 0. The highest BCUT2D eigenvalue weighted by atomic mass is 16.1. The Morgan fingerprint density at radius 1 is 1.16 bits per heavy atom. The molecule has 2 unspecified atom stereocenters. The fourth-order valence-electron chi connectivity index (χ4n) is 4.18. The van der Waals surface area contributed by atoms with Crippen molar-refractivity contribution >= 4 is 11.9 Å². The van der Waals surface area contributed by atoms with Gasteiger partial charge in [-0.3, -0.25) is 9.69 Å². The molecule has 0 aromatic heterocycles. The van der Waals surface area contributed by atoms with Gasteiger partial charge in [0.05, 0.1) is 12.5 Å². The molecule has 1 fully saturated rings. The van der Waals surface area contributed by atoms with Gasteiger partial charge in [-0.15, -0.1) is 0 Å². The van der Waals surface area contributed by atoms with E-state index < -0.39 is 0 Å². The second-order valence-electron chi connectivity index (χ2n) is 8.68. The standard InChI is InChI=1S/C26H37N5O/c1-3-28-26(29-16-20(2)23-11-5-4-6-12-23)30-17-21-9-7-10-22(15-21)18-31-14-8-13-24(19-31)25(27)32/h4-7,9-12,15,20,24H,3,8,13-14,16-19H2,1-2H3,(H2,27,32)(H2,28,29,30). The first-order chi connectivity index (χ1) is 15.5. The van der Waals surface area contributed by atoms with Crippen LogP contribution in [0.3, 0.4) is 0 Å². The van der Waals surface area contributed by atoms with Crippen LogP contribution < -0.4 is 16.4 Å². The number of nitrogens with two attached hydrogens (primary N) is 1. The van der Waals surface area contributed by atoms with Gasteiger partial charge in [0.15, 0.2) is 5.96 Å². The molecular weight excluding hydrogens is 398 g/mol. The van der Waals surface area contributed by atoms with Crippen molar-refractivity contribution in [2.45, 2.75) is 45.7 Å².